The predicted molar refractivity (Wildman–Crippen MR) is 154 cm³/mol. The van der Waals surface area contributed by atoms with Gasteiger partial charge in [-0.15, -0.1) is 0 Å². The fraction of sp³-hybridized carbons (Fsp3) is 0.500. The lowest BCUT2D eigenvalue weighted by Crippen LogP contribution is -2.57. The van der Waals surface area contributed by atoms with Crippen molar-refractivity contribution in [2.75, 3.05) is 44.1 Å². The van der Waals surface area contributed by atoms with Gasteiger partial charge in [-0.2, -0.15) is 0 Å². The van der Waals surface area contributed by atoms with Crippen LogP contribution in [0.4, 0.5) is 11.5 Å². The molecule has 1 aromatic carbocycles. The number of nitrogens with zero attached hydrogens (tertiary/aromatic N) is 5. The summed E-state index contributed by atoms with van der Waals surface area (Å²) in [4.78, 5) is 28.8. The van der Waals surface area contributed by atoms with Crippen LogP contribution in [0.25, 0.3) is 22.0 Å². The van der Waals surface area contributed by atoms with E-state index < -0.39 is 0 Å². The fourth-order valence-corrected chi connectivity index (χ4v) is 5.25. The molecule has 5 rings (SSSR count). The van der Waals surface area contributed by atoms with E-state index in [9.17, 15) is 4.79 Å². The molecule has 0 spiro atoms. The molecule has 1 amide bonds. The second-order valence-electron chi connectivity index (χ2n) is 9.78. The highest BCUT2D eigenvalue weighted by atomic mass is 16.2. The molecule has 200 valence electrons. The number of rotatable bonds is 5. The van der Waals surface area contributed by atoms with E-state index >= 15 is 0 Å². The highest BCUT2D eigenvalue weighted by molar-refractivity contribution is 6.04. The van der Waals surface area contributed by atoms with Gasteiger partial charge in [0.1, 0.15) is 5.82 Å². The number of fused-ring (bicyclic) bond motifs is 1. The van der Waals surface area contributed by atoms with Crippen molar-refractivity contribution in [1.29, 1.82) is 0 Å². The number of aliphatic hydroxyl groups is 1. The third kappa shape index (κ3) is 6.11. The number of pyridine rings is 2. The van der Waals surface area contributed by atoms with Crippen LogP contribution in [0.1, 0.15) is 52.0 Å². The number of aliphatic hydroxyl groups excluding tert-OH is 1. The molecule has 0 unspecified atom stereocenters. The monoisotopic (exact) mass is 505 g/mol. The van der Waals surface area contributed by atoms with Crippen LogP contribution in [0.5, 0.6) is 0 Å². The van der Waals surface area contributed by atoms with Gasteiger partial charge in [-0.05, 0) is 69.3 Å². The minimum Gasteiger partial charge on any atom is -0.400 e. The number of aryl methyl sites for hydroxylation is 1. The van der Waals surface area contributed by atoms with Gasteiger partial charge in [0.05, 0.1) is 11.2 Å². The molecule has 37 heavy (non-hydrogen) atoms. The molecule has 0 bridgehead atoms. The Kier molecular flexibility index (Phi) is 10.0. The molecule has 3 heterocycles. The summed E-state index contributed by atoms with van der Waals surface area (Å²) in [5, 5.41) is 8.04. The lowest BCUT2D eigenvalue weighted by Gasteiger charge is -2.43. The van der Waals surface area contributed by atoms with Crippen molar-refractivity contribution in [3.05, 3.63) is 48.3 Å². The van der Waals surface area contributed by atoms with Gasteiger partial charge in [-0.1, -0.05) is 32.8 Å². The quantitative estimate of drug-likeness (QED) is 0.508. The van der Waals surface area contributed by atoms with E-state index in [4.69, 9.17) is 10.1 Å². The number of hydrogen-bond acceptors (Lipinski definition) is 6. The number of hydrogen-bond donors (Lipinski definition) is 1. The van der Waals surface area contributed by atoms with Crippen LogP contribution in [-0.4, -0.2) is 72.3 Å². The van der Waals surface area contributed by atoms with Crippen LogP contribution in [0.2, 0.25) is 0 Å². The van der Waals surface area contributed by atoms with Crippen molar-refractivity contribution < 1.29 is 9.90 Å². The second kappa shape index (κ2) is 13.0. The summed E-state index contributed by atoms with van der Waals surface area (Å²) >= 11 is 0. The highest BCUT2D eigenvalue weighted by Gasteiger charge is 2.30. The van der Waals surface area contributed by atoms with Gasteiger partial charge >= 0.3 is 0 Å². The van der Waals surface area contributed by atoms with E-state index in [0.717, 1.165) is 72.1 Å². The normalized spacial score (nSPS) is 15.5. The summed E-state index contributed by atoms with van der Waals surface area (Å²) in [6, 6.07) is 11.5. The predicted octanol–water partition coefficient (Wildman–Crippen LogP) is 5.29. The molecule has 1 aliphatic carbocycles. The number of benzene rings is 1. The van der Waals surface area contributed by atoms with E-state index in [2.05, 4.69) is 66.1 Å². The van der Waals surface area contributed by atoms with E-state index in [1.54, 1.807) is 6.92 Å². The zero-order valence-corrected chi connectivity index (χ0v) is 23.5. The van der Waals surface area contributed by atoms with Gasteiger partial charge < -0.3 is 19.8 Å². The Balaban J connectivity index is 0.000000907. The third-order valence-corrected chi connectivity index (χ3v) is 7.29. The number of amides is 1. The average Bonchev–Trinajstić information content (AvgIpc) is 3.41. The minimum absolute atomic E-state index is 0.111. The first-order chi connectivity index (χ1) is 17.9. The molecule has 1 saturated carbocycles. The van der Waals surface area contributed by atoms with E-state index in [0.29, 0.717) is 6.04 Å². The molecule has 7 nitrogen and oxygen atoms in total. The van der Waals surface area contributed by atoms with Crippen molar-refractivity contribution in [3.63, 3.8) is 0 Å². The minimum atomic E-state index is 0.111. The maximum Gasteiger partial charge on any atom is 0.224 e. The summed E-state index contributed by atoms with van der Waals surface area (Å²) in [7, 11) is 5.26. The van der Waals surface area contributed by atoms with Gasteiger partial charge in [0, 0.05) is 62.6 Å². The average molecular weight is 506 g/mol. The van der Waals surface area contributed by atoms with Crippen molar-refractivity contribution in [2.24, 2.45) is 0 Å². The van der Waals surface area contributed by atoms with E-state index in [1.807, 2.05) is 31.1 Å². The molecule has 0 atom stereocenters. The number of carbonyl (C=O) groups excluding carboxylic acids is 1. The summed E-state index contributed by atoms with van der Waals surface area (Å²) in [6.07, 6.45) is 8.37. The first kappa shape index (κ1) is 28.5. The molecule has 1 aliphatic heterocycles. The topological polar surface area (TPSA) is 72.8 Å². The van der Waals surface area contributed by atoms with Crippen molar-refractivity contribution in [3.8, 4) is 11.1 Å². The van der Waals surface area contributed by atoms with Crippen molar-refractivity contribution in [1.82, 2.24) is 14.9 Å². The number of aromatic nitrogens is 2. The molecule has 1 saturated heterocycles. The summed E-state index contributed by atoms with van der Waals surface area (Å²) in [5.74, 6) is 1.14. The first-order valence-electron chi connectivity index (χ1n) is 13.4. The molecular formula is C30H43N5O2. The highest BCUT2D eigenvalue weighted by Crippen LogP contribution is 2.37. The Morgan fingerprint density at radius 2 is 1.59 bits per heavy atom. The van der Waals surface area contributed by atoms with Gasteiger partial charge in [0.25, 0.3) is 0 Å². The van der Waals surface area contributed by atoms with Gasteiger partial charge in [0.15, 0.2) is 0 Å². The smallest absolute Gasteiger partial charge is 0.224 e. The fourth-order valence-electron chi connectivity index (χ4n) is 5.25. The molecule has 2 aliphatic rings. The molecule has 3 aromatic rings. The van der Waals surface area contributed by atoms with Crippen LogP contribution in [-0.2, 0) is 4.79 Å². The van der Waals surface area contributed by atoms with Crippen molar-refractivity contribution in [2.45, 2.75) is 65.5 Å². The number of anilines is 2. The van der Waals surface area contributed by atoms with Gasteiger partial charge in [-0.3, -0.25) is 9.78 Å². The molecule has 2 fully saturated rings. The van der Waals surface area contributed by atoms with Crippen LogP contribution in [0, 0.1) is 6.92 Å². The Labute approximate surface area is 222 Å². The van der Waals surface area contributed by atoms with Gasteiger partial charge in [-0.25, -0.2) is 4.98 Å². The SMILES string of the molecule is CC.CC(=O)N(c1c(C)cnc2ccc(-c3ccc(N4CC(N(C)C)C4)nc3)cc12)C1CCCC1.CO. The molecule has 0 radical (unpaired) electrons. The van der Waals surface area contributed by atoms with Crippen LogP contribution in [0.15, 0.2) is 42.7 Å². The van der Waals surface area contributed by atoms with Gasteiger partial charge in [0.2, 0.25) is 5.91 Å². The maximum atomic E-state index is 12.8. The Hall–Kier alpha value is -3.03. The second-order valence-corrected chi connectivity index (χ2v) is 9.78. The lowest BCUT2D eigenvalue weighted by atomic mass is 10.0. The number of likely N-dealkylation sites (N-methyl/N-ethyl adjacent to an activating group) is 1. The number of carbonyl (C=O) groups is 1. The first-order valence-corrected chi connectivity index (χ1v) is 13.4. The van der Waals surface area contributed by atoms with Crippen LogP contribution < -0.4 is 9.80 Å². The summed E-state index contributed by atoms with van der Waals surface area (Å²) in [6.45, 7) is 9.79. The van der Waals surface area contributed by atoms with Crippen LogP contribution >= 0.6 is 0 Å². The Morgan fingerprint density at radius 1 is 0.946 bits per heavy atom. The van der Waals surface area contributed by atoms with Crippen molar-refractivity contribution >= 4 is 28.3 Å². The standard InChI is InChI=1S/C27H33N5O.C2H6.CH4O/c1-18-14-28-25-11-9-20(13-24(25)27(18)32(19(2)33)22-7-5-6-8-22)21-10-12-26(29-15-21)31-16-23(17-31)30(3)4;2*1-2/h9-15,22-23H,5-8,16-17H2,1-4H3;1-2H3;2H,1H3. The molecule has 2 aromatic heterocycles. The summed E-state index contributed by atoms with van der Waals surface area (Å²) < 4.78 is 0. The largest absolute Gasteiger partial charge is 0.400 e. The molecule has 1 N–H and O–H groups in total. The third-order valence-electron chi connectivity index (χ3n) is 7.29. The van der Waals surface area contributed by atoms with E-state index in [-0.39, 0.29) is 11.9 Å². The zero-order valence-electron chi connectivity index (χ0n) is 23.5. The molecular weight excluding hydrogens is 462 g/mol. The van der Waals surface area contributed by atoms with Crippen LogP contribution in [0.3, 0.4) is 0 Å². The summed E-state index contributed by atoms with van der Waals surface area (Å²) in [5.41, 5.74) is 5.15. The lowest BCUT2D eigenvalue weighted by molar-refractivity contribution is -0.117. The zero-order chi connectivity index (χ0) is 27.1. The maximum absolute atomic E-state index is 12.8. The Morgan fingerprint density at radius 3 is 2.16 bits per heavy atom. The Bertz CT molecular complexity index is 1170. The molecule has 7 heteroatoms. The van der Waals surface area contributed by atoms with E-state index in [1.165, 1.54) is 12.8 Å².